The van der Waals surface area contributed by atoms with E-state index in [0.717, 1.165) is 6.07 Å². The van der Waals surface area contributed by atoms with Crippen LogP contribution in [-0.2, 0) is 17.1 Å². The van der Waals surface area contributed by atoms with E-state index in [9.17, 15) is 17.9 Å². The molecule has 0 bridgehead atoms. The van der Waals surface area contributed by atoms with Crippen molar-refractivity contribution in [2.75, 3.05) is 5.32 Å². The lowest BCUT2D eigenvalue weighted by molar-refractivity contribution is 0.199. The molecule has 0 spiro atoms. The number of halogens is 2. The van der Waals surface area contributed by atoms with Crippen molar-refractivity contribution in [2.24, 2.45) is 7.05 Å². The molecule has 0 aliphatic carbocycles. The molecular weight excluding hydrogens is 395 g/mol. The molecule has 7 nitrogen and oxygen atoms in total. The molecule has 1 aromatic heterocycles. The average Bonchev–Trinajstić information content (AvgIpc) is 2.82. The van der Waals surface area contributed by atoms with Crippen molar-refractivity contribution in [3.05, 3.63) is 46.5 Å². The molecule has 0 amide bonds. The molecule has 0 aliphatic heterocycles. The minimum absolute atomic E-state index is 0.105. The van der Waals surface area contributed by atoms with Crippen LogP contribution in [-0.4, -0.2) is 23.6 Å². The van der Waals surface area contributed by atoms with Gasteiger partial charge in [-0.25, -0.2) is 17.5 Å². The molecule has 0 saturated carbocycles. The standard InChI is InChI=1S/C17H20ClFN4O3S/c1-17(2,3)22-27(25,26)13-9-23(4)15(14(13)18)16(24)21-11-5-6-12(19)10(7-11)8-20/h5-7,9,16,21-22,24H,1-4H3. The fourth-order valence-corrected chi connectivity index (χ4v) is 4.61. The topological polar surface area (TPSA) is 107 Å². The van der Waals surface area contributed by atoms with Crippen LogP contribution < -0.4 is 10.0 Å². The summed E-state index contributed by atoms with van der Waals surface area (Å²) < 4.78 is 42.4. The number of hydrogen-bond donors (Lipinski definition) is 3. The SMILES string of the molecule is Cn1cc(S(=O)(=O)NC(C)(C)C)c(Cl)c1C(O)Nc1ccc(F)c(C#N)c1. The van der Waals surface area contributed by atoms with Crippen LogP contribution in [0, 0.1) is 17.1 Å². The number of benzene rings is 1. The van der Waals surface area contributed by atoms with Gasteiger partial charge in [0.25, 0.3) is 0 Å². The van der Waals surface area contributed by atoms with Gasteiger partial charge in [0.05, 0.1) is 16.3 Å². The molecule has 1 atom stereocenters. The molecule has 1 heterocycles. The fraction of sp³-hybridized carbons (Fsp3) is 0.353. The van der Waals surface area contributed by atoms with E-state index in [4.69, 9.17) is 16.9 Å². The van der Waals surface area contributed by atoms with Crippen LogP contribution in [0.15, 0.2) is 29.3 Å². The maximum absolute atomic E-state index is 13.4. The van der Waals surface area contributed by atoms with Crippen molar-refractivity contribution in [2.45, 2.75) is 37.4 Å². The Morgan fingerprint density at radius 2 is 2.00 bits per heavy atom. The Morgan fingerprint density at radius 1 is 1.37 bits per heavy atom. The second-order valence-corrected chi connectivity index (χ2v) is 9.04. The fourth-order valence-electron chi connectivity index (χ4n) is 2.47. The van der Waals surface area contributed by atoms with Gasteiger partial charge >= 0.3 is 0 Å². The van der Waals surface area contributed by atoms with E-state index >= 15 is 0 Å². The van der Waals surface area contributed by atoms with Gasteiger partial charge < -0.3 is 15.0 Å². The Morgan fingerprint density at radius 3 is 2.56 bits per heavy atom. The first kappa shape index (κ1) is 21.2. The molecular formula is C17H20ClFN4O3S. The zero-order chi connectivity index (χ0) is 20.6. The molecule has 0 saturated heterocycles. The summed E-state index contributed by atoms with van der Waals surface area (Å²) in [5.41, 5.74) is -0.525. The summed E-state index contributed by atoms with van der Waals surface area (Å²) in [6.45, 7) is 5.08. The Labute approximate surface area is 162 Å². The Bertz CT molecular complexity index is 1010. The minimum atomic E-state index is -3.91. The van der Waals surface area contributed by atoms with Crippen molar-refractivity contribution >= 4 is 27.3 Å². The van der Waals surface area contributed by atoms with Crippen LogP contribution >= 0.6 is 11.6 Å². The smallest absolute Gasteiger partial charge is 0.244 e. The number of nitriles is 1. The third kappa shape index (κ3) is 4.78. The number of aliphatic hydroxyl groups is 1. The molecule has 2 aromatic rings. The molecule has 2 rings (SSSR count). The summed E-state index contributed by atoms with van der Waals surface area (Å²) >= 11 is 6.24. The third-order valence-electron chi connectivity index (χ3n) is 3.51. The lowest BCUT2D eigenvalue weighted by atomic mass is 10.1. The minimum Gasteiger partial charge on any atom is -0.368 e. The van der Waals surface area contributed by atoms with Crippen molar-refractivity contribution in [3.8, 4) is 6.07 Å². The first-order chi connectivity index (χ1) is 12.4. The van der Waals surface area contributed by atoms with Crippen LogP contribution in [0.2, 0.25) is 5.02 Å². The van der Waals surface area contributed by atoms with Gasteiger partial charge in [-0.05, 0) is 39.0 Å². The van der Waals surface area contributed by atoms with E-state index in [1.54, 1.807) is 26.8 Å². The number of aryl methyl sites for hydroxylation is 1. The van der Waals surface area contributed by atoms with Crippen molar-refractivity contribution in [1.29, 1.82) is 5.26 Å². The molecule has 1 aromatic carbocycles. The summed E-state index contributed by atoms with van der Waals surface area (Å²) in [5, 5.41) is 21.9. The van der Waals surface area contributed by atoms with E-state index < -0.39 is 27.6 Å². The number of sulfonamides is 1. The first-order valence-electron chi connectivity index (χ1n) is 7.88. The monoisotopic (exact) mass is 414 g/mol. The van der Waals surface area contributed by atoms with Gasteiger partial charge in [0, 0.05) is 24.5 Å². The van der Waals surface area contributed by atoms with Gasteiger partial charge in [0.15, 0.2) is 6.23 Å². The summed E-state index contributed by atoms with van der Waals surface area (Å²) in [6, 6.07) is 5.36. The van der Waals surface area contributed by atoms with Gasteiger partial charge in [-0.2, -0.15) is 5.26 Å². The van der Waals surface area contributed by atoms with Gasteiger partial charge in [-0.1, -0.05) is 11.6 Å². The maximum Gasteiger partial charge on any atom is 0.244 e. The molecule has 0 fully saturated rings. The zero-order valence-electron chi connectivity index (χ0n) is 15.2. The number of nitrogens with zero attached hydrogens (tertiary/aromatic N) is 2. The Balaban J connectivity index is 2.37. The van der Waals surface area contributed by atoms with Gasteiger partial charge in [-0.15, -0.1) is 0 Å². The number of nitrogens with one attached hydrogen (secondary N) is 2. The quantitative estimate of drug-likeness (QED) is 0.652. The Hall–Kier alpha value is -2.12. The third-order valence-corrected chi connectivity index (χ3v) is 5.79. The van der Waals surface area contributed by atoms with Crippen LogP contribution in [0.5, 0.6) is 0 Å². The lowest BCUT2D eigenvalue weighted by Crippen LogP contribution is -2.40. The van der Waals surface area contributed by atoms with Crippen LogP contribution in [0.3, 0.4) is 0 Å². The van der Waals surface area contributed by atoms with Gasteiger partial charge in [0.2, 0.25) is 10.0 Å². The van der Waals surface area contributed by atoms with E-state index in [0.29, 0.717) is 0 Å². The van der Waals surface area contributed by atoms with E-state index in [1.807, 2.05) is 0 Å². The molecule has 146 valence electrons. The van der Waals surface area contributed by atoms with E-state index in [1.165, 1.54) is 29.9 Å². The second kappa shape index (κ2) is 7.48. The molecule has 27 heavy (non-hydrogen) atoms. The van der Waals surface area contributed by atoms with E-state index in [-0.39, 0.29) is 26.9 Å². The second-order valence-electron chi connectivity index (χ2n) is 7.01. The predicted octanol–water partition coefficient (Wildman–Crippen LogP) is 2.87. The summed E-state index contributed by atoms with van der Waals surface area (Å²) in [5.74, 6) is -0.684. The number of anilines is 1. The largest absolute Gasteiger partial charge is 0.368 e. The number of hydrogen-bond acceptors (Lipinski definition) is 5. The lowest BCUT2D eigenvalue weighted by Gasteiger charge is -2.20. The van der Waals surface area contributed by atoms with Crippen molar-refractivity contribution in [1.82, 2.24) is 9.29 Å². The molecule has 1 unspecified atom stereocenters. The molecule has 10 heteroatoms. The number of aromatic nitrogens is 1. The summed E-state index contributed by atoms with van der Waals surface area (Å²) in [4.78, 5) is -0.172. The predicted molar refractivity (Wildman–Crippen MR) is 100 cm³/mol. The normalized spacial score (nSPS) is 13.3. The highest BCUT2D eigenvalue weighted by Gasteiger charge is 2.29. The summed E-state index contributed by atoms with van der Waals surface area (Å²) in [7, 11) is -2.37. The van der Waals surface area contributed by atoms with Crippen LogP contribution in [0.25, 0.3) is 0 Å². The summed E-state index contributed by atoms with van der Waals surface area (Å²) in [6.07, 6.45) is -0.0970. The highest BCUT2D eigenvalue weighted by atomic mass is 35.5. The van der Waals surface area contributed by atoms with Crippen molar-refractivity contribution in [3.63, 3.8) is 0 Å². The van der Waals surface area contributed by atoms with Crippen LogP contribution in [0.4, 0.5) is 10.1 Å². The van der Waals surface area contributed by atoms with Gasteiger partial charge in [0.1, 0.15) is 16.8 Å². The first-order valence-corrected chi connectivity index (χ1v) is 9.75. The Kier molecular flexibility index (Phi) is 5.87. The average molecular weight is 415 g/mol. The number of rotatable bonds is 5. The molecule has 0 aliphatic rings. The highest BCUT2D eigenvalue weighted by molar-refractivity contribution is 7.89. The maximum atomic E-state index is 13.4. The molecule has 0 radical (unpaired) electrons. The van der Waals surface area contributed by atoms with Crippen LogP contribution in [0.1, 0.15) is 38.3 Å². The van der Waals surface area contributed by atoms with E-state index in [2.05, 4.69) is 10.0 Å². The van der Waals surface area contributed by atoms with Crippen molar-refractivity contribution < 1.29 is 17.9 Å². The highest BCUT2D eigenvalue weighted by Crippen LogP contribution is 2.32. The molecule has 3 N–H and O–H groups in total. The zero-order valence-corrected chi connectivity index (χ0v) is 16.8. The number of aliphatic hydroxyl groups excluding tert-OH is 1. The van der Waals surface area contributed by atoms with Gasteiger partial charge in [-0.3, -0.25) is 0 Å².